The van der Waals surface area contributed by atoms with Crippen molar-refractivity contribution in [2.45, 2.75) is 33.5 Å². The zero-order valence-corrected chi connectivity index (χ0v) is 18.2. The van der Waals surface area contributed by atoms with Gasteiger partial charge in [0.2, 0.25) is 0 Å². The number of hydrogen-bond donors (Lipinski definition) is 0. The predicted molar refractivity (Wildman–Crippen MR) is 116 cm³/mol. The van der Waals surface area contributed by atoms with Gasteiger partial charge in [-0.2, -0.15) is 5.10 Å². The third kappa shape index (κ3) is 5.31. The molecule has 0 aliphatic heterocycles. The van der Waals surface area contributed by atoms with Crippen LogP contribution in [0.4, 0.5) is 0 Å². The summed E-state index contributed by atoms with van der Waals surface area (Å²) >= 11 is 12.2. The van der Waals surface area contributed by atoms with Gasteiger partial charge in [-0.05, 0) is 55.3 Å². The summed E-state index contributed by atoms with van der Waals surface area (Å²) in [6.45, 7) is 5.42. The lowest BCUT2D eigenvalue weighted by molar-refractivity contribution is 0.0783. The minimum atomic E-state index is -0.0899. The molecule has 0 fully saturated rings. The second kappa shape index (κ2) is 9.33. The van der Waals surface area contributed by atoms with Crippen LogP contribution in [0.1, 0.15) is 34.1 Å². The lowest BCUT2D eigenvalue weighted by Crippen LogP contribution is -2.26. The predicted octanol–water partition coefficient (Wildman–Crippen LogP) is 5.37. The Morgan fingerprint density at radius 1 is 1.14 bits per heavy atom. The first-order chi connectivity index (χ1) is 13.9. The molecule has 0 bridgehead atoms. The number of hydrogen-bond acceptors (Lipinski definition) is 3. The lowest BCUT2D eigenvalue weighted by atomic mass is 10.1. The number of rotatable bonds is 7. The van der Waals surface area contributed by atoms with E-state index >= 15 is 0 Å². The standard InChI is InChI=1S/C22H23Cl2N3O2/c1-4-27-12-20(24)21(25-27)13-26(3)22(28)17-7-5-16(6-8-17)14-29-18-9-10-19(23)15(2)11-18/h5-12H,4,13-14H2,1-3H3. The minimum absolute atomic E-state index is 0.0899. The number of carbonyl (C=O) groups is 1. The molecule has 0 saturated heterocycles. The van der Waals surface area contributed by atoms with Crippen LogP contribution in [0.15, 0.2) is 48.7 Å². The van der Waals surface area contributed by atoms with E-state index in [1.54, 1.807) is 35.0 Å². The molecule has 1 aromatic heterocycles. The summed E-state index contributed by atoms with van der Waals surface area (Å²) in [7, 11) is 1.74. The normalized spacial score (nSPS) is 10.8. The number of carbonyl (C=O) groups excluding carboxylic acids is 1. The highest BCUT2D eigenvalue weighted by Crippen LogP contribution is 2.22. The van der Waals surface area contributed by atoms with E-state index in [2.05, 4.69) is 5.10 Å². The van der Waals surface area contributed by atoms with Gasteiger partial charge in [-0.3, -0.25) is 9.48 Å². The van der Waals surface area contributed by atoms with Crippen molar-refractivity contribution in [1.82, 2.24) is 14.7 Å². The topological polar surface area (TPSA) is 47.4 Å². The fourth-order valence-electron chi connectivity index (χ4n) is 2.84. The second-order valence-corrected chi connectivity index (χ2v) is 7.65. The molecular formula is C22H23Cl2N3O2. The van der Waals surface area contributed by atoms with Crippen LogP contribution in [-0.2, 0) is 19.7 Å². The fraction of sp³-hybridized carbons (Fsp3) is 0.273. The van der Waals surface area contributed by atoms with Gasteiger partial charge in [0.15, 0.2) is 0 Å². The van der Waals surface area contributed by atoms with Crippen LogP contribution in [0.25, 0.3) is 0 Å². The number of benzene rings is 2. The van der Waals surface area contributed by atoms with Crippen LogP contribution in [0.2, 0.25) is 10.0 Å². The summed E-state index contributed by atoms with van der Waals surface area (Å²) < 4.78 is 7.56. The molecule has 0 N–H and O–H groups in total. The van der Waals surface area contributed by atoms with Crippen molar-refractivity contribution in [3.8, 4) is 5.75 Å². The largest absolute Gasteiger partial charge is 0.489 e. The van der Waals surface area contributed by atoms with Gasteiger partial charge in [0.1, 0.15) is 18.1 Å². The molecule has 2 aromatic carbocycles. The number of ether oxygens (including phenoxy) is 1. The molecule has 1 heterocycles. The molecule has 0 radical (unpaired) electrons. The van der Waals surface area contributed by atoms with E-state index in [0.29, 0.717) is 34.5 Å². The molecule has 3 aromatic rings. The summed E-state index contributed by atoms with van der Waals surface area (Å²) in [5.74, 6) is 0.670. The zero-order chi connectivity index (χ0) is 21.0. The van der Waals surface area contributed by atoms with E-state index in [9.17, 15) is 4.79 Å². The molecule has 0 aliphatic carbocycles. The van der Waals surface area contributed by atoms with Gasteiger partial charge in [-0.1, -0.05) is 35.3 Å². The average Bonchev–Trinajstić information content (AvgIpc) is 3.08. The van der Waals surface area contributed by atoms with Crippen LogP contribution in [0.5, 0.6) is 5.75 Å². The Kier molecular flexibility index (Phi) is 6.83. The Morgan fingerprint density at radius 2 is 1.86 bits per heavy atom. The third-order valence-corrected chi connectivity index (χ3v) is 5.32. The minimum Gasteiger partial charge on any atom is -0.489 e. The van der Waals surface area contributed by atoms with E-state index in [0.717, 1.165) is 23.4 Å². The van der Waals surface area contributed by atoms with Crippen LogP contribution in [0.3, 0.4) is 0 Å². The maximum Gasteiger partial charge on any atom is 0.253 e. The molecule has 0 unspecified atom stereocenters. The number of amides is 1. The molecule has 152 valence electrons. The highest BCUT2D eigenvalue weighted by atomic mass is 35.5. The Labute approximate surface area is 180 Å². The Balaban J connectivity index is 1.60. The Morgan fingerprint density at radius 3 is 2.48 bits per heavy atom. The molecule has 0 spiro atoms. The molecule has 0 saturated carbocycles. The third-order valence-electron chi connectivity index (χ3n) is 4.58. The number of halogens is 2. The van der Waals surface area contributed by atoms with Crippen LogP contribution >= 0.6 is 23.2 Å². The van der Waals surface area contributed by atoms with Gasteiger partial charge < -0.3 is 9.64 Å². The summed E-state index contributed by atoms with van der Waals surface area (Å²) in [4.78, 5) is 14.3. The Bertz CT molecular complexity index is 1000. The monoisotopic (exact) mass is 431 g/mol. The molecule has 0 aliphatic rings. The van der Waals surface area contributed by atoms with Crippen molar-refractivity contribution in [3.05, 3.63) is 81.1 Å². The van der Waals surface area contributed by atoms with Gasteiger partial charge in [-0.25, -0.2) is 0 Å². The fourth-order valence-corrected chi connectivity index (χ4v) is 3.17. The van der Waals surface area contributed by atoms with Crippen molar-refractivity contribution in [2.24, 2.45) is 0 Å². The molecular weight excluding hydrogens is 409 g/mol. The van der Waals surface area contributed by atoms with E-state index in [-0.39, 0.29) is 5.91 Å². The summed E-state index contributed by atoms with van der Waals surface area (Å²) in [5, 5.41) is 5.67. The number of aryl methyl sites for hydroxylation is 2. The van der Waals surface area contributed by atoms with Gasteiger partial charge in [0, 0.05) is 30.4 Å². The Hall–Kier alpha value is -2.50. The first-order valence-electron chi connectivity index (χ1n) is 9.32. The molecule has 29 heavy (non-hydrogen) atoms. The van der Waals surface area contributed by atoms with Gasteiger partial charge in [0.25, 0.3) is 5.91 Å². The summed E-state index contributed by atoms with van der Waals surface area (Å²) in [6, 6.07) is 13.0. The summed E-state index contributed by atoms with van der Waals surface area (Å²) in [6.07, 6.45) is 1.77. The first kappa shape index (κ1) is 21.2. The molecule has 5 nitrogen and oxygen atoms in total. The van der Waals surface area contributed by atoms with Crippen molar-refractivity contribution in [2.75, 3.05) is 7.05 Å². The van der Waals surface area contributed by atoms with Crippen LogP contribution < -0.4 is 4.74 Å². The van der Waals surface area contributed by atoms with Gasteiger partial charge >= 0.3 is 0 Å². The zero-order valence-electron chi connectivity index (χ0n) is 16.7. The van der Waals surface area contributed by atoms with E-state index in [4.69, 9.17) is 27.9 Å². The molecule has 1 amide bonds. The van der Waals surface area contributed by atoms with Gasteiger partial charge in [0.05, 0.1) is 11.6 Å². The van der Waals surface area contributed by atoms with Crippen LogP contribution in [-0.4, -0.2) is 27.6 Å². The highest BCUT2D eigenvalue weighted by molar-refractivity contribution is 6.31. The smallest absolute Gasteiger partial charge is 0.253 e. The first-order valence-corrected chi connectivity index (χ1v) is 10.1. The summed E-state index contributed by atoms with van der Waals surface area (Å²) in [5.41, 5.74) is 3.23. The second-order valence-electron chi connectivity index (χ2n) is 6.84. The van der Waals surface area contributed by atoms with Crippen molar-refractivity contribution in [3.63, 3.8) is 0 Å². The van der Waals surface area contributed by atoms with Crippen LogP contribution in [0, 0.1) is 6.92 Å². The molecule has 3 rings (SSSR count). The molecule has 7 heteroatoms. The average molecular weight is 432 g/mol. The van der Waals surface area contributed by atoms with E-state index in [1.165, 1.54) is 0 Å². The maximum absolute atomic E-state index is 12.7. The van der Waals surface area contributed by atoms with Crippen molar-refractivity contribution >= 4 is 29.1 Å². The lowest BCUT2D eigenvalue weighted by Gasteiger charge is -2.16. The number of nitrogens with zero attached hydrogens (tertiary/aromatic N) is 3. The van der Waals surface area contributed by atoms with Crippen molar-refractivity contribution < 1.29 is 9.53 Å². The highest BCUT2D eigenvalue weighted by Gasteiger charge is 2.15. The SMILES string of the molecule is CCn1cc(Cl)c(CN(C)C(=O)c2ccc(COc3ccc(Cl)c(C)c3)cc2)n1. The quantitative estimate of drug-likeness (QED) is 0.504. The van der Waals surface area contributed by atoms with Gasteiger partial charge in [-0.15, -0.1) is 0 Å². The van der Waals surface area contributed by atoms with E-state index in [1.807, 2.05) is 44.2 Å². The van der Waals surface area contributed by atoms with E-state index < -0.39 is 0 Å². The maximum atomic E-state index is 12.7. The number of aromatic nitrogens is 2. The van der Waals surface area contributed by atoms with Crippen molar-refractivity contribution in [1.29, 1.82) is 0 Å². The molecule has 0 atom stereocenters.